The minimum Gasteiger partial charge on any atom is -0.378 e. The molecule has 0 fully saturated rings. The fraction of sp³-hybridized carbons (Fsp3) is 0. The Morgan fingerprint density at radius 1 is 0.750 bits per heavy atom. The summed E-state index contributed by atoms with van der Waals surface area (Å²) >= 11 is 0. The summed E-state index contributed by atoms with van der Waals surface area (Å²) in [6.07, 6.45) is 0. The molecule has 24 heavy (non-hydrogen) atoms. The number of benzene rings is 3. The van der Waals surface area contributed by atoms with E-state index in [0.717, 1.165) is 5.56 Å². The van der Waals surface area contributed by atoms with Crippen molar-refractivity contribution < 1.29 is 21.4 Å². The maximum Gasteiger partial charge on any atom is 0.339 e. The Labute approximate surface area is 138 Å². The molecule has 0 unspecified atom stereocenters. The van der Waals surface area contributed by atoms with E-state index in [1.165, 1.54) is 6.07 Å². The van der Waals surface area contributed by atoms with Gasteiger partial charge in [-0.05, 0) is 23.8 Å². The molecule has 0 aliphatic heterocycles. The van der Waals surface area contributed by atoms with Crippen molar-refractivity contribution in [2.45, 2.75) is 4.90 Å². The fourth-order valence-electron chi connectivity index (χ4n) is 2.23. The van der Waals surface area contributed by atoms with Crippen molar-refractivity contribution in [3.05, 3.63) is 84.4 Å². The number of hydrogen-bond donors (Lipinski definition) is 0. The van der Waals surface area contributed by atoms with E-state index in [0.29, 0.717) is 23.8 Å². The Balaban J connectivity index is 2.02. The van der Waals surface area contributed by atoms with Crippen molar-refractivity contribution in [2.75, 3.05) is 0 Å². The Morgan fingerprint density at radius 3 is 2.00 bits per heavy atom. The van der Waals surface area contributed by atoms with Crippen molar-refractivity contribution in [1.29, 1.82) is 0 Å². The fourth-order valence-corrected chi connectivity index (χ4v) is 3.23. The molecule has 0 saturated carbocycles. The summed E-state index contributed by atoms with van der Waals surface area (Å²) in [5.74, 6) is -1.91. The van der Waals surface area contributed by atoms with Gasteiger partial charge >= 0.3 is 10.1 Å². The van der Waals surface area contributed by atoms with Gasteiger partial charge in [0.15, 0.2) is 5.75 Å². The average Bonchev–Trinajstić information content (AvgIpc) is 2.55. The third kappa shape index (κ3) is 3.44. The summed E-state index contributed by atoms with van der Waals surface area (Å²) in [7, 11) is -4.37. The van der Waals surface area contributed by atoms with Crippen LogP contribution in [0.25, 0.3) is 11.1 Å². The van der Waals surface area contributed by atoms with Gasteiger partial charge in [-0.3, -0.25) is 0 Å². The van der Waals surface area contributed by atoms with Crippen LogP contribution >= 0.6 is 0 Å². The average molecular weight is 346 g/mol. The van der Waals surface area contributed by atoms with E-state index in [1.807, 2.05) is 18.2 Å². The van der Waals surface area contributed by atoms with Crippen LogP contribution in [-0.4, -0.2) is 8.42 Å². The molecule has 0 radical (unpaired) electrons. The van der Waals surface area contributed by atoms with E-state index in [-0.39, 0.29) is 5.75 Å². The van der Waals surface area contributed by atoms with Gasteiger partial charge < -0.3 is 4.18 Å². The Bertz CT molecular complexity index is 950. The molecule has 3 aromatic rings. The minimum absolute atomic E-state index is 0.0772. The molecule has 0 amide bonds. The van der Waals surface area contributed by atoms with Gasteiger partial charge in [-0.25, -0.2) is 8.78 Å². The van der Waals surface area contributed by atoms with Crippen LogP contribution in [0.4, 0.5) is 8.78 Å². The molecule has 0 bridgehead atoms. The first-order valence-electron chi connectivity index (χ1n) is 7.01. The van der Waals surface area contributed by atoms with Crippen LogP contribution in [-0.2, 0) is 10.1 Å². The van der Waals surface area contributed by atoms with Gasteiger partial charge in [0.1, 0.15) is 16.5 Å². The highest BCUT2D eigenvalue weighted by atomic mass is 32.2. The zero-order valence-electron chi connectivity index (χ0n) is 12.3. The highest BCUT2D eigenvalue weighted by molar-refractivity contribution is 7.87. The molecule has 6 heteroatoms. The van der Waals surface area contributed by atoms with Crippen molar-refractivity contribution >= 4 is 10.1 Å². The van der Waals surface area contributed by atoms with Gasteiger partial charge in [-0.2, -0.15) is 8.42 Å². The first-order chi connectivity index (χ1) is 11.5. The van der Waals surface area contributed by atoms with E-state index < -0.39 is 26.6 Å². The maximum atomic E-state index is 13.3. The Morgan fingerprint density at radius 2 is 1.33 bits per heavy atom. The standard InChI is InChI=1S/C18H12F2O3S/c19-14-10-15(20)12-16(11-14)24(21,22)23-18-9-5-4-8-17(18)13-6-2-1-3-7-13/h1-12H. The molecule has 122 valence electrons. The van der Waals surface area contributed by atoms with Crippen LogP contribution in [0.3, 0.4) is 0 Å². The van der Waals surface area contributed by atoms with Crippen LogP contribution in [0, 0.1) is 11.6 Å². The van der Waals surface area contributed by atoms with Gasteiger partial charge in [0.25, 0.3) is 0 Å². The van der Waals surface area contributed by atoms with Gasteiger partial charge in [0.05, 0.1) is 0 Å². The zero-order chi connectivity index (χ0) is 17.2. The van der Waals surface area contributed by atoms with Gasteiger partial charge in [0, 0.05) is 11.6 Å². The van der Waals surface area contributed by atoms with Crippen LogP contribution < -0.4 is 4.18 Å². The topological polar surface area (TPSA) is 43.4 Å². The molecule has 0 atom stereocenters. The number of hydrogen-bond acceptors (Lipinski definition) is 3. The third-order valence-electron chi connectivity index (χ3n) is 3.30. The number of para-hydroxylation sites is 1. The second-order valence-corrected chi connectivity index (χ2v) is 6.55. The molecule has 3 rings (SSSR count). The monoisotopic (exact) mass is 346 g/mol. The molecule has 0 N–H and O–H groups in total. The van der Waals surface area contributed by atoms with Crippen LogP contribution in [0.2, 0.25) is 0 Å². The Hall–Kier alpha value is -2.73. The molecular formula is C18H12F2O3S. The largest absolute Gasteiger partial charge is 0.378 e. The Kier molecular flexibility index (Phi) is 4.31. The van der Waals surface area contributed by atoms with Crippen LogP contribution in [0.5, 0.6) is 5.75 Å². The minimum atomic E-state index is -4.37. The number of halogens is 2. The van der Waals surface area contributed by atoms with Gasteiger partial charge in [-0.1, -0.05) is 48.5 Å². The van der Waals surface area contributed by atoms with Gasteiger partial charge in [-0.15, -0.1) is 0 Å². The maximum absolute atomic E-state index is 13.3. The van der Waals surface area contributed by atoms with Crippen LogP contribution in [0.1, 0.15) is 0 Å². The van der Waals surface area contributed by atoms with E-state index in [2.05, 4.69) is 0 Å². The van der Waals surface area contributed by atoms with Gasteiger partial charge in [0.2, 0.25) is 0 Å². The summed E-state index contributed by atoms with van der Waals surface area (Å²) in [5.41, 5.74) is 1.31. The quantitative estimate of drug-likeness (QED) is 0.658. The third-order valence-corrected chi connectivity index (χ3v) is 4.51. The summed E-state index contributed by atoms with van der Waals surface area (Å²) < 4.78 is 56.4. The molecule has 0 saturated heterocycles. The normalized spacial score (nSPS) is 11.2. The summed E-state index contributed by atoms with van der Waals surface area (Å²) in [6, 6.07) is 17.6. The second kappa shape index (κ2) is 6.41. The molecule has 3 nitrogen and oxygen atoms in total. The van der Waals surface area contributed by atoms with Crippen molar-refractivity contribution in [1.82, 2.24) is 0 Å². The molecular weight excluding hydrogens is 334 g/mol. The summed E-state index contributed by atoms with van der Waals surface area (Å²) in [5, 5.41) is 0. The van der Waals surface area contributed by atoms with E-state index in [9.17, 15) is 17.2 Å². The summed E-state index contributed by atoms with van der Waals surface area (Å²) in [4.78, 5) is -0.581. The lowest BCUT2D eigenvalue weighted by Crippen LogP contribution is -2.11. The molecule has 0 aliphatic carbocycles. The highest BCUT2D eigenvalue weighted by Gasteiger charge is 2.20. The molecule has 0 heterocycles. The first kappa shape index (κ1) is 16.1. The highest BCUT2D eigenvalue weighted by Crippen LogP contribution is 2.31. The van der Waals surface area contributed by atoms with Crippen molar-refractivity contribution in [2.24, 2.45) is 0 Å². The van der Waals surface area contributed by atoms with Crippen molar-refractivity contribution in [3.63, 3.8) is 0 Å². The van der Waals surface area contributed by atoms with E-state index in [1.54, 1.807) is 30.3 Å². The first-order valence-corrected chi connectivity index (χ1v) is 8.41. The van der Waals surface area contributed by atoms with Crippen LogP contribution in [0.15, 0.2) is 77.7 Å². The smallest absolute Gasteiger partial charge is 0.339 e. The van der Waals surface area contributed by atoms with E-state index in [4.69, 9.17) is 4.18 Å². The molecule has 0 aliphatic rings. The SMILES string of the molecule is O=S(=O)(Oc1ccccc1-c1ccccc1)c1cc(F)cc(F)c1. The lowest BCUT2D eigenvalue weighted by molar-refractivity contribution is 0.483. The molecule has 0 spiro atoms. The van der Waals surface area contributed by atoms with Crippen molar-refractivity contribution in [3.8, 4) is 16.9 Å². The number of rotatable bonds is 4. The molecule has 0 aromatic heterocycles. The lowest BCUT2D eigenvalue weighted by atomic mass is 10.1. The predicted molar refractivity (Wildman–Crippen MR) is 86.0 cm³/mol. The summed E-state index contributed by atoms with van der Waals surface area (Å²) in [6.45, 7) is 0. The molecule has 3 aromatic carbocycles. The zero-order valence-corrected chi connectivity index (χ0v) is 13.1. The van der Waals surface area contributed by atoms with E-state index >= 15 is 0 Å². The lowest BCUT2D eigenvalue weighted by Gasteiger charge is -2.12. The second-order valence-electron chi connectivity index (χ2n) is 5.00. The predicted octanol–water partition coefficient (Wildman–Crippen LogP) is 4.40.